The fourth-order valence-corrected chi connectivity index (χ4v) is 5.08. The Morgan fingerprint density at radius 2 is 1.57 bits per heavy atom. The average Bonchev–Trinajstić information content (AvgIpc) is 3.15. The van der Waals surface area contributed by atoms with E-state index in [0.29, 0.717) is 0 Å². The molecule has 0 aromatic heterocycles. The van der Waals surface area contributed by atoms with E-state index in [2.05, 4.69) is 5.32 Å². The molecule has 190 valence electrons. The minimum Gasteiger partial charge on any atom is -0.465 e. The standard InChI is InChI=1S/C28H39N3O4/c1-18(2)25-29-23(26(33)30(25)19(3)21-15-11-8-12-16-21)24(32)22(17-20-13-9-7-10-14-20)31(27(34)35)28(4,5)6/h7-16,18-19,22-25,29,32H,17H2,1-6H3,(H,34,35)/t19-,22-,23-,24-,25?/m0/s1. The van der Waals surface area contributed by atoms with E-state index in [0.717, 1.165) is 11.1 Å². The number of nitrogens with one attached hydrogen (secondary N) is 1. The molecule has 1 fully saturated rings. The molecule has 7 nitrogen and oxygen atoms in total. The molecule has 7 heteroatoms. The van der Waals surface area contributed by atoms with Crippen molar-refractivity contribution in [3.05, 3.63) is 71.8 Å². The zero-order valence-corrected chi connectivity index (χ0v) is 21.6. The molecule has 0 spiro atoms. The molecule has 2 amide bonds. The van der Waals surface area contributed by atoms with Crippen molar-refractivity contribution in [2.75, 3.05) is 0 Å². The first-order valence-electron chi connectivity index (χ1n) is 12.3. The Morgan fingerprint density at radius 3 is 2.06 bits per heavy atom. The van der Waals surface area contributed by atoms with Crippen LogP contribution in [-0.2, 0) is 11.2 Å². The van der Waals surface area contributed by atoms with Crippen LogP contribution in [-0.4, -0.2) is 61.9 Å². The molecule has 0 radical (unpaired) electrons. The van der Waals surface area contributed by atoms with Gasteiger partial charge in [0.25, 0.3) is 0 Å². The maximum atomic E-state index is 13.8. The van der Waals surface area contributed by atoms with Crippen molar-refractivity contribution in [3.63, 3.8) is 0 Å². The second-order valence-corrected chi connectivity index (χ2v) is 10.7. The van der Waals surface area contributed by atoms with E-state index in [1.165, 1.54) is 4.90 Å². The van der Waals surface area contributed by atoms with Crippen LogP contribution in [0.4, 0.5) is 4.79 Å². The predicted molar refractivity (Wildman–Crippen MR) is 137 cm³/mol. The number of carbonyl (C=O) groups is 2. The molecule has 1 heterocycles. The molecule has 35 heavy (non-hydrogen) atoms. The topological polar surface area (TPSA) is 93.1 Å². The van der Waals surface area contributed by atoms with Crippen molar-refractivity contribution >= 4 is 12.0 Å². The van der Waals surface area contributed by atoms with Gasteiger partial charge in [-0.15, -0.1) is 0 Å². The van der Waals surface area contributed by atoms with Crippen molar-refractivity contribution < 1.29 is 19.8 Å². The van der Waals surface area contributed by atoms with E-state index in [9.17, 15) is 19.8 Å². The van der Waals surface area contributed by atoms with Crippen molar-refractivity contribution in [2.45, 2.75) is 83.9 Å². The molecule has 1 saturated heterocycles. The van der Waals surface area contributed by atoms with Gasteiger partial charge in [-0.25, -0.2) is 4.79 Å². The van der Waals surface area contributed by atoms with E-state index < -0.39 is 29.8 Å². The fourth-order valence-electron chi connectivity index (χ4n) is 5.08. The van der Waals surface area contributed by atoms with E-state index >= 15 is 0 Å². The van der Waals surface area contributed by atoms with Crippen LogP contribution >= 0.6 is 0 Å². The lowest BCUT2D eigenvalue weighted by atomic mass is 9.91. The number of nitrogens with zero attached hydrogens (tertiary/aromatic N) is 2. The van der Waals surface area contributed by atoms with Gasteiger partial charge in [-0.2, -0.15) is 0 Å². The largest absolute Gasteiger partial charge is 0.465 e. The molecule has 1 unspecified atom stereocenters. The highest BCUT2D eigenvalue weighted by atomic mass is 16.4. The first-order chi connectivity index (χ1) is 16.4. The first kappa shape index (κ1) is 26.7. The lowest BCUT2D eigenvalue weighted by molar-refractivity contribution is -0.135. The summed E-state index contributed by atoms with van der Waals surface area (Å²) in [6, 6.07) is 17.3. The van der Waals surface area contributed by atoms with Crippen molar-refractivity contribution in [2.24, 2.45) is 5.92 Å². The summed E-state index contributed by atoms with van der Waals surface area (Å²) in [7, 11) is 0. The van der Waals surface area contributed by atoms with E-state index in [1.54, 1.807) is 25.7 Å². The monoisotopic (exact) mass is 481 g/mol. The van der Waals surface area contributed by atoms with Crippen molar-refractivity contribution in [1.82, 2.24) is 15.1 Å². The lowest BCUT2D eigenvalue weighted by Gasteiger charge is -2.42. The normalized spacial score (nSPS) is 21.1. The van der Waals surface area contributed by atoms with Gasteiger partial charge in [-0.1, -0.05) is 74.5 Å². The highest BCUT2D eigenvalue weighted by molar-refractivity contribution is 5.85. The zero-order chi connectivity index (χ0) is 25.9. The third-order valence-electron chi connectivity index (χ3n) is 6.79. The molecule has 3 rings (SSSR count). The molecule has 0 aliphatic carbocycles. The molecule has 1 aliphatic rings. The van der Waals surface area contributed by atoms with Gasteiger partial charge in [0.05, 0.1) is 24.4 Å². The highest BCUT2D eigenvalue weighted by Crippen LogP contribution is 2.32. The Labute approximate surface area is 208 Å². The summed E-state index contributed by atoms with van der Waals surface area (Å²) in [5.41, 5.74) is 1.13. The summed E-state index contributed by atoms with van der Waals surface area (Å²) in [6.45, 7) is 11.5. The van der Waals surface area contributed by atoms with Crippen LogP contribution in [0.3, 0.4) is 0 Å². The Kier molecular flexibility index (Phi) is 8.23. The van der Waals surface area contributed by atoms with Crippen LogP contribution in [0.5, 0.6) is 0 Å². The molecule has 0 saturated carbocycles. The van der Waals surface area contributed by atoms with E-state index in [4.69, 9.17) is 0 Å². The highest BCUT2D eigenvalue weighted by Gasteiger charge is 2.50. The second kappa shape index (κ2) is 10.8. The third kappa shape index (κ3) is 5.85. The zero-order valence-electron chi connectivity index (χ0n) is 21.6. The summed E-state index contributed by atoms with van der Waals surface area (Å²) >= 11 is 0. The van der Waals surface area contributed by atoms with Crippen molar-refractivity contribution in [1.29, 1.82) is 0 Å². The van der Waals surface area contributed by atoms with E-state index in [-0.39, 0.29) is 30.5 Å². The average molecular weight is 482 g/mol. The number of rotatable bonds is 8. The Morgan fingerprint density at radius 1 is 1.03 bits per heavy atom. The van der Waals surface area contributed by atoms with Gasteiger partial charge in [0.15, 0.2) is 0 Å². The molecular weight excluding hydrogens is 442 g/mol. The predicted octanol–water partition coefficient (Wildman–Crippen LogP) is 4.28. The van der Waals surface area contributed by atoms with Crippen LogP contribution in [0.2, 0.25) is 0 Å². The number of carbonyl (C=O) groups excluding carboxylic acids is 1. The third-order valence-corrected chi connectivity index (χ3v) is 6.79. The number of amides is 2. The van der Waals surface area contributed by atoms with Crippen LogP contribution in [0, 0.1) is 5.92 Å². The van der Waals surface area contributed by atoms with Crippen LogP contribution < -0.4 is 5.32 Å². The Bertz CT molecular complexity index is 990. The van der Waals surface area contributed by atoms with Gasteiger partial charge in [0.1, 0.15) is 6.04 Å². The van der Waals surface area contributed by atoms with Gasteiger partial charge in [-0.3, -0.25) is 15.0 Å². The quantitative estimate of drug-likeness (QED) is 0.523. The van der Waals surface area contributed by atoms with Gasteiger partial charge in [0.2, 0.25) is 5.91 Å². The van der Waals surface area contributed by atoms with Gasteiger partial charge >= 0.3 is 6.09 Å². The Hall–Kier alpha value is -2.90. The lowest BCUT2D eigenvalue weighted by Crippen LogP contribution is -2.61. The number of benzene rings is 2. The number of carboxylic acid groups (broad SMARTS) is 1. The summed E-state index contributed by atoms with van der Waals surface area (Å²) in [5, 5.41) is 25.2. The molecule has 1 aliphatic heterocycles. The SMILES string of the molecule is CC(C)C1N[C@@H]([C@@H](O)[C@H](Cc2ccccc2)N(C(=O)O)C(C)(C)C)C(=O)N1[C@@H](C)c1ccccc1. The summed E-state index contributed by atoms with van der Waals surface area (Å²) < 4.78 is 0. The summed E-state index contributed by atoms with van der Waals surface area (Å²) in [6.07, 6.45) is -2.37. The van der Waals surface area contributed by atoms with Gasteiger partial charge in [0, 0.05) is 5.54 Å². The molecule has 2 aromatic carbocycles. The second-order valence-electron chi connectivity index (χ2n) is 10.7. The molecule has 3 N–H and O–H groups in total. The van der Waals surface area contributed by atoms with Crippen LogP contribution in [0.1, 0.15) is 58.7 Å². The fraction of sp³-hybridized carbons (Fsp3) is 0.500. The van der Waals surface area contributed by atoms with Crippen molar-refractivity contribution in [3.8, 4) is 0 Å². The Balaban J connectivity index is 1.98. The molecule has 5 atom stereocenters. The van der Waals surface area contributed by atoms with E-state index in [1.807, 2.05) is 81.4 Å². The number of hydrogen-bond acceptors (Lipinski definition) is 4. The molecule has 2 aromatic rings. The number of aliphatic hydroxyl groups is 1. The smallest absolute Gasteiger partial charge is 0.408 e. The maximum Gasteiger partial charge on any atom is 0.408 e. The molecular formula is C28H39N3O4. The summed E-state index contributed by atoms with van der Waals surface area (Å²) in [5.74, 6) is -0.127. The maximum absolute atomic E-state index is 13.8. The van der Waals surface area contributed by atoms with Gasteiger partial charge < -0.3 is 15.1 Å². The minimum absolute atomic E-state index is 0.0908. The van der Waals surface area contributed by atoms with Gasteiger partial charge in [-0.05, 0) is 51.2 Å². The molecule has 0 bridgehead atoms. The number of hydrogen-bond donors (Lipinski definition) is 3. The minimum atomic E-state index is -1.24. The summed E-state index contributed by atoms with van der Waals surface area (Å²) in [4.78, 5) is 29.3. The van der Waals surface area contributed by atoms with Crippen LogP contribution in [0.25, 0.3) is 0 Å². The first-order valence-corrected chi connectivity index (χ1v) is 12.3. The van der Waals surface area contributed by atoms with Crippen LogP contribution in [0.15, 0.2) is 60.7 Å². The number of aliphatic hydroxyl groups excluding tert-OH is 1.